The summed E-state index contributed by atoms with van der Waals surface area (Å²) >= 11 is 3.53. The molecule has 0 bridgehead atoms. The number of unbranched alkanes of at least 4 members (excludes halogenated alkanes) is 1. The zero-order chi connectivity index (χ0) is 19.9. The maximum Gasteiger partial charge on any atom is -0.0215 e. The first kappa shape index (κ1) is 28.8. The van der Waals surface area contributed by atoms with Crippen LogP contribution in [0.3, 0.4) is 0 Å². The molecule has 0 saturated carbocycles. The fourth-order valence-electron chi connectivity index (χ4n) is 1.71. The van der Waals surface area contributed by atoms with Crippen LogP contribution < -0.4 is 0 Å². The van der Waals surface area contributed by atoms with Gasteiger partial charge in [0.2, 0.25) is 0 Å². The summed E-state index contributed by atoms with van der Waals surface area (Å²) in [6.07, 6.45) is 24.3. The Kier molecular flexibility index (Phi) is 29.2. The highest BCUT2D eigenvalue weighted by Crippen LogP contribution is 2.15. The van der Waals surface area contributed by atoms with E-state index in [-0.39, 0.29) is 0 Å². The minimum Gasteiger partial charge on any atom is -0.183 e. The van der Waals surface area contributed by atoms with Crippen molar-refractivity contribution in [2.24, 2.45) is 0 Å². The molecular formula is C24H44S. The Hall–Kier alpha value is -0.950. The highest BCUT2D eigenvalue weighted by molar-refractivity contribution is 7.79. The second kappa shape index (κ2) is 25.3. The lowest BCUT2D eigenvalue weighted by Crippen LogP contribution is -1.84. The summed E-state index contributed by atoms with van der Waals surface area (Å²) in [6, 6.07) is 0. The average molecular weight is 365 g/mol. The molecule has 0 atom stereocenters. The molecule has 0 spiro atoms. The molecule has 0 saturated heterocycles. The zero-order valence-corrected chi connectivity index (χ0v) is 19.1. The maximum absolute atomic E-state index is 3.53. The average Bonchev–Trinajstić information content (AvgIpc) is 2.68. The van der Waals surface area contributed by atoms with Gasteiger partial charge in [-0.25, -0.2) is 0 Å². The van der Waals surface area contributed by atoms with Crippen LogP contribution in [0, 0.1) is 0 Å². The van der Waals surface area contributed by atoms with Crippen LogP contribution in [0.5, 0.6) is 0 Å². The van der Waals surface area contributed by atoms with E-state index in [0.717, 1.165) is 6.42 Å². The molecule has 1 aliphatic carbocycles. The van der Waals surface area contributed by atoms with Crippen molar-refractivity contribution in [3.05, 3.63) is 59.3 Å². The molecule has 0 N–H and O–H groups in total. The van der Waals surface area contributed by atoms with Crippen LogP contribution in [-0.2, 0) is 0 Å². The molecule has 0 heterocycles. The van der Waals surface area contributed by atoms with Gasteiger partial charge in [0.05, 0.1) is 0 Å². The van der Waals surface area contributed by atoms with Gasteiger partial charge in [-0.2, -0.15) is 12.6 Å². The van der Waals surface area contributed by atoms with Crippen LogP contribution in [0.2, 0.25) is 0 Å². The van der Waals surface area contributed by atoms with E-state index in [1.165, 1.54) is 48.8 Å². The van der Waals surface area contributed by atoms with Gasteiger partial charge in [-0.1, -0.05) is 88.6 Å². The molecule has 0 amide bonds. The topological polar surface area (TPSA) is 0 Å². The summed E-state index contributed by atoms with van der Waals surface area (Å²) in [7, 11) is 0. The monoisotopic (exact) mass is 364 g/mol. The van der Waals surface area contributed by atoms with Gasteiger partial charge >= 0.3 is 0 Å². The van der Waals surface area contributed by atoms with Gasteiger partial charge in [-0.3, -0.25) is 0 Å². The Labute approximate surface area is 165 Å². The Morgan fingerprint density at radius 2 is 1.44 bits per heavy atom. The van der Waals surface area contributed by atoms with E-state index in [2.05, 4.69) is 104 Å². The summed E-state index contributed by atoms with van der Waals surface area (Å²) in [5.41, 5.74) is 4.23. The third-order valence-corrected chi connectivity index (χ3v) is 3.38. The molecule has 0 aromatic rings. The van der Waals surface area contributed by atoms with Crippen molar-refractivity contribution in [1.29, 1.82) is 0 Å². The quantitative estimate of drug-likeness (QED) is 0.365. The molecule has 0 radical (unpaired) electrons. The van der Waals surface area contributed by atoms with Crippen LogP contribution >= 0.6 is 12.6 Å². The second-order valence-electron chi connectivity index (χ2n) is 5.90. The SMILES string of the molecule is C/C=C(/C)C(=CCCC)/C=C(\C)CC.C1=CCCC=C1.CCC.CS. The molecular weight excluding hydrogens is 320 g/mol. The lowest BCUT2D eigenvalue weighted by Gasteiger charge is -2.04. The van der Waals surface area contributed by atoms with E-state index in [1.54, 1.807) is 6.26 Å². The van der Waals surface area contributed by atoms with Crippen molar-refractivity contribution in [2.75, 3.05) is 6.26 Å². The van der Waals surface area contributed by atoms with Crippen LogP contribution in [0.25, 0.3) is 0 Å². The Morgan fingerprint density at radius 1 is 0.960 bits per heavy atom. The number of hydrogen-bond acceptors (Lipinski definition) is 1. The smallest absolute Gasteiger partial charge is 0.0215 e. The number of hydrogen-bond donors (Lipinski definition) is 1. The Bertz CT molecular complexity index is 394. The van der Waals surface area contributed by atoms with Crippen molar-refractivity contribution >= 4 is 12.6 Å². The molecule has 1 rings (SSSR count). The van der Waals surface area contributed by atoms with E-state index >= 15 is 0 Å². The van der Waals surface area contributed by atoms with Gasteiger partial charge in [-0.05, 0) is 63.9 Å². The van der Waals surface area contributed by atoms with Crippen molar-refractivity contribution in [3.63, 3.8) is 0 Å². The third-order valence-electron chi connectivity index (χ3n) is 3.38. The lowest BCUT2D eigenvalue weighted by atomic mass is 10.0. The summed E-state index contributed by atoms with van der Waals surface area (Å²) in [5, 5.41) is 0. The van der Waals surface area contributed by atoms with Gasteiger partial charge in [-0.15, -0.1) is 0 Å². The van der Waals surface area contributed by atoms with E-state index in [4.69, 9.17) is 0 Å². The second-order valence-corrected chi connectivity index (χ2v) is 5.90. The Morgan fingerprint density at radius 3 is 1.72 bits per heavy atom. The first-order valence-corrected chi connectivity index (χ1v) is 10.7. The summed E-state index contributed by atoms with van der Waals surface area (Å²) < 4.78 is 0. The fraction of sp³-hybridized carbons (Fsp3) is 0.583. The largest absolute Gasteiger partial charge is 0.183 e. The molecule has 25 heavy (non-hydrogen) atoms. The molecule has 0 aliphatic heterocycles. The third kappa shape index (κ3) is 23.1. The van der Waals surface area contributed by atoms with E-state index < -0.39 is 0 Å². The van der Waals surface area contributed by atoms with Crippen LogP contribution in [0.4, 0.5) is 0 Å². The molecule has 0 aromatic carbocycles. The number of rotatable bonds is 5. The standard InChI is InChI=1S/C14H24.C6H8.C3H8.CH4S/c1-6-9-10-14(13(5)8-3)11-12(4)7-2;1-2-4-6-5-3-1;1-3-2;1-2/h8,10-11H,6-7,9H2,1-5H3;1-4H,5-6H2;3H2,1-2H3;2H,1H3/b12-11+,13-8-,14-10?;;;. The fourth-order valence-corrected chi connectivity index (χ4v) is 1.71. The number of thiol groups is 1. The molecule has 0 aromatic heterocycles. The van der Waals surface area contributed by atoms with E-state index in [1.807, 2.05) is 0 Å². The van der Waals surface area contributed by atoms with Gasteiger partial charge in [0.1, 0.15) is 0 Å². The molecule has 1 aliphatic rings. The minimum absolute atomic E-state index is 1.14. The molecule has 0 unspecified atom stereocenters. The van der Waals surface area contributed by atoms with E-state index in [0.29, 0.717) is 0 Å². The summed E-state index contributed by atoms with van der Waals surface area (Å²) in [4.78, 5) is 0. The maximum atomic E-state index is 3.53. The first-order valence-electron chi connectivity index (χ1n) is 9.84. The number of allylic oxidation sites excluding steroid dienone is 10. The summed E-state index contributed by atoms with van der Waals surface area (Å²) in [6.45, 7) is 15.2. The molecule has 1 heteroatoms. The van der Waals surface area contributed by atoms with Crippen molar-refractivity contribution in [1.82, 2.24) is 0 Å². The van der Waals surface area contributed by atoms with Crippen LogP contribution in [0.1, 0.15) is 87.0 Å². The highest BCUT2D eigenvalue weighted by atomic mass is 32.1. The summed E-state index contributed by atoms with van der Waals surface area (Å²) in [5.74, 6) is 0. The highest BCUT2D eigenvalue weighted by Gasteiger charge is 1.95. The van der Waals surface area contributed by atoms with E-state index in [9.17, 15) is 0 Å². The van der Waals surface area contributed by atoms with Gasteiger partial charge in [0, 0.05) is 0 Å². The van der Waals surface area contributed by atoms with Crippen LogP contribution in [-0.4, -0.2) is 6.26 Å². The molecule has 0 nitrogen and oxygen atoms in total. The minimum atomic E-state index is 1.14. The van der Waals surface area contributed by atoms with Crippen LogP contribution in [0.15, 0.2) is 59.3 Å². The predicted molar refractivity (Wildman–Crippen MR) is 125 cm³/mol. The zero-order valence-electron chi connectivity index (χ0n) is 18.2. The Balaban J connectivity index is -0.000000359. The van der Waals surface area contributed by atoms with Gasteiger partial charge < -0.3 is 0 Å². The molecule has 146 valence electrons. The normalized spacial score (nSPS) is 13.7. The van der Waals surface area contributed by atoms with Crippen molar-refractivity contribution in [2.45, 2.75) is 87.0 Å². The molecule has 0 fully saturated rings. The predicted octanol–water partition coefficient (Wildman–Crippen LogP) is 8.89. The van der Waals surface area contributed by atoms with Gasteiger partial charge in [0.15, 0.2) is 0 Å². The van der Waals surface area contributed by atoms with Crippen molar-refractivity contribution < 1.29 is 0 Å². The van der Waals surface area contributed by atoms with Crippen molar-refractivity contribution in [3.8, 4) is 0 Å². The van der Waals surface area contributed by atoms with Gasteiger partial charge in [0.25, 0.3) is 0 Å². The first-order chi connectivity index (χ1) is 12.1. The lowest BCUT2D eigenvalue weighted by molar-refractivity contribution is 0.951.